The zero-order valence-corrected chi connectivity index (χ0v) is 24.7. The van der Waals surface area contributed by atoms with Gasteiger partial charge < -0.3 is 10.3 Å². The molecule has 212 valence electrons. The summed E-state index contributed by atoms with van der Waals surface area (Å²) in [6, 6.07) is 44.2. The lowest BCUT2D eigenvalue weighted by molar-refractivity contribution is 1.16. The molecular formula is C42H34N2. The average Bonchev–Trinajstić information content (AvgIpc) is 3.40. The van der Waals surface area contributed by atoms with Gasteiger partial charge in [0.05, 0.1) is 11.0 Å². The van der Waals surface area contributed by atoms with E-state index in [4.69, 9.17) is 5.73 Å². The maximum atomic E-state index is 6.13. The highest BCUT2D eigenvalue weighted by Gasteiger charge is 2.16. The van der Waals surface area contributed by atoms with Crippen molar-refractivity contribution < 1.29 is 0 Å². The Morgan fingerprint density at radius 3 is 2.34 bits per heavy atom. The number of hydrogen-bond donors (Lipinski definition) is 1. The Morgan fingerprint density at radius 1 is 0.659 bits per heavy atom. The van der Waals surface area contributed by atoms with Crippen molar-refractivity contribution in [1.82, 2.24) is 4.57 Å². The first-order chi connectivity index (χ1) is 21.7. The van der Waals surface area contributed by atoms with Gasteiger partial charge in [-0.3, -0.25) is 0 Å². The van der Waals surface area contributed by atoms with Crippen molar-refractivity contribution in [2.75, 3.05) is 0 Å². The number of para-hydroxylation sites is 1. The SMILES string of the molecule is C=C/C=C\C/C(N)=C/C=C\Cc1ccc2c3ccc4cc(-c5cccc6ccccc56)ccc4c3n(-c3ccccc3)c2c1. The number of benzene rings is 6. The van der Waals surface area contributed by atoms with E-state index in [0.29, 0.717) is 0 Å². The van der Waals surface area contributed by atoms with Gasteiger partial charge in [0, 0.05) is 34.0 Å². The standard InChI is InChI=1S/C42H34N2/c1-2-3-5-16-34(43)17-10-8-13-30-22-25-39-40-27-24-33-29-32(37-21-12-15-31-14-9-11-20-36(31)37)23-26-38(33)42(40)44(41(39)28-30)35-18-6-4-7-19-35/h2-12,14-15,17-29H,1,13,16,43H2/b5-3-,10-8-,34-17-. The third-order valence-electron chi connectivity index (χ3n) is 8.35. The van der Waals surface area contributed by atoms with Crippen molar-refractivity contribution in [2.45, 2.75) is 12.8 Å². The molecule has 6 aromatic carbocycles. The first kappa shape index (κ1) is 27.2. The van der Waals surface area contributed by atoms with Gasteiger partial charge in [-0.05, 0) is 69.6 Å². The van der Waals surface area contributed by atoms with Crippen LogP contribution in [0.3, 0.4) is 0 Å². The van der Waals surface area contributed by atoms with E-state index in [1.165, 1.54) is 60.0 Å². The molecule has 0 aliphatic rings. The van der Waals surface area contributed by atoms with Gasteiger partial charge in [0.2, 0.25) is 0 Å². The smallest absolute Gasteiger partial charge is 0.0619 e. The maximum absolute atomic E-state index is 6.13. The molecule has 0 amide bonds. The summed E-state index contributed by atoms with van der Waals surface area (Å²) in [5.74, 6) is 0. The quantitative estimate of drug-likeness (QED) is 0.182. The maximum Gasteiger partial charge on any atom is 0.0619 e. The lowest BCUT2D eigenvalue weighted by Gasteiger charge is -2.12. The average molecular weight is 567 g/mol. The minimum absolute atomic E-state index is 0.719. The van der Waals surface area contributed by atoms with Crippen LogP contribution in [-0.2, 0) is 6.42 Å². The molecule has 1 heterocycles. The van der Waals surface area contributed by atoms with E-state index in [1.54, 1.807) is 6.08 Å². The molecular weight excluding hydrogens is 532 g/mol. The number of hydrogen-bond acceptors (Lipinski definition) is 1. The Bertz CT molecular complexity index is 2240. The van der Waals surface area contributed by atoms with Crippen LogP contribution in [0.4, 0.5) is 0 Å². The van der Waals surface area contributed by atoms with Crippen LogP contribution in [0.2, 0.25) is 0 Å². The summed E-state index contributed by atoms with van der Waals surface area (Å²) in [5, 5.41) is 7.54. The van der Waals surface area contributed by atoms with Crippen LogP contribution in [0.15, 0.2) is 170 Å². The highest BCUT2D eigenvalue weighted by molar-refractivity contribution is 6.19. The van der Waals surface area contributed by atoms with E-state index in [2.05, 4.69) is 145 Å². The summed E-state index contributed by atoms with van der Waals surface area (Å²) in [5.41, 5.74) is 14.3. The fraction of sp³-hybridized carbons (Fsp3) is 0.0476. The highest BCUT2D eigenvalue weighted by Crippen LogP contribution is 2.39. The number of nitrogens with two attached hydrogens (primary N) is 1. The summed E-state index contributed by atoms with van der Waals surface area (Å²) >= 11 is 0. The third-order valence-corrected chi connectivity index (χ3v) is 8.35. The second-order valence-electron chi connectivity index (χ2n) is 11.2. The Labute approximate surface area is 258 Å². The summed E-state index contributed by atoms with van der Waals surface area (Å²) in [6.07, 6.45) is 13.4. The molecule has 7 aromatic rings. The first-order valence-electron chi connectivity index (χ1n) is 15.1. The van der Waals surface area contributed by atoms with E-state index < -0.39 is 0 Å². The number of allylic oxidation sites excluding steroid dienone is 6. The van der Waals surface area contributed by atoms with Crippen molar-refractivity contribution in [3.63, 3.8) is 0 Å². The Kier molecular flexibility index (Phi) is 7.40. The van der Waals surface area contributed by atoms with Gasteiger partial charge in [-0.15, -0.1) is 0 Å². The van der Waals surface area contributed by atoms with Gasteiger partial charge in [0.15, 0.2) is 0 Å². The molecule has 0 spiro atoms. The lowest BCUT2D eigenvalue weighted by atomic mass is 9.95. The molecule has 1 aromatic heterocycles. The van der Waals surface area contributed by atoms with Crippen LogP contribution >= 0.6 is 0 Å². The molecule has 0 atom stereocenters. The van der Waals surface area contributed by atoms with Crippen molar-refractivity contribution in [1.29, 1.82) is 0 Å². The van der Waals surface area contributed by atoms with Crippen LogP contribution in [0.1, 0.15) is 12.0 Å². The van der Waals surface area contributed by atoms with Gasteiger partial charge in [0.25, 0.3) is 0 Å². The lowest BCUT2D eigenvalue weighted by Crippen LogP contribution is -1.95. The summed E-state index contributed by atoms with van der Waals surface area (Å²) in [6.45, 7) is 3.70. The predicted molar refractivity (Wildman–Crippen MR) is 190 cm³/mol. The summed E-state index contributed by atoms with van der Waals surface area (Å²) in [7, 11) is 0. The second kappa shape index (κ2) is 11.9. The molecule has 0 fully saturated rings. The normalized spacial score (nSPS) is 12.4. The molecule has 2 nitrogen and oxygen atoms in total. The van der Waals surface area contributed by atoms with Gasteiger partial charge in [0.1, 0.15) is 0 Å². The number of aromatic nitrogens is 1. The molecule has 0 aliphatic heterocycles. The van der Waals surface area contributed by atoms with Crippen LogP contribution in [0.5, 0.6) is 0 Å². The largest absolute Gasteiger partial charge is 0.402 e. The molecule has 0 saturated heterocycles. The zero-order chi connectivity index (χ0) is 29.9. The van der Waals surface area contributed by atoms with Crippen molar-refractivity contribution >= 4 is 43.4 Å². The fourth-order valence-corrected chi connectivity index (χ4v) is 6.26. The van der Waals surface area contributed by atoms with E-state index in [9.17, 15) is 0 Å². The molecule has 0 aliphatic carbocycles. The zero-order valence-electron chi connectivity index (χ0n) is 24.7. The Balaban J connectivity index is 1.35. The molecule has 0 saturated carbocycles. The molecule has 0 unspecified atom stereocenters. The molecule has 0 radical (unpaired) electrons. The highest BCUT2D eigenvalue weighted by atomic mass is 15.0. The molecule has 0 bridgehead atoms. The van der Waals surface area contributed by atoms with E-state index in [-0.39, 0.29) is 0 Å². The number of rotatable bonds is 8. The number of fused-ring (bicyclic) bond motifs is 6. The first-order valence-corrected chi connectivity index (χ1v) is 15.1. The fourth-order valence-electron chi connectivity index (χ4n) is 6.26. The van der Waals surface area contributed by atoms with Crippen molar-refractivity contribution in [3.8, 4) is 16.8 Å². The minimum Gasteiger partial charge on any atom is -0.402 e. The van der Waals surface area contributed by atoms with Gasteiger partial charge in [-0.2, -0.15) is 0 Å². The van der Waals surface area contributed by atoms with E-state index >= 15 is 0 Å². The molecule has 44 heavy (non-hydrogen) atoms. The summed E-state index contributed by atoms with van der Waals surface area (Å²) in [4.78, 5) is 0. The van der Waals surface area contributed by atoms with Crippen LogP contribution in [-0.4, -0.2) is 4.57 Å². The van der Waals surface area contributed by atoms with Crippen molar-refractivity contribution in [2.24, 2.45) is 5.73 Å². The topological polar surface area (TPSA) is 30.9 Å². The van der Waals surface area contributed by atoms with Crippen LogP contribution < -0.4 is 5.73 Å². The van der Waals surface area contributed by atoms with Crippen LogP contribution in [0, 0.1) is 0 Å². The van der Waals surface area contributed by atoms with Crippen LogP contribution in [0.25, 0.3) is 60.2 Å². The summed E-state index contributed by atoms with van der Waals surface area (Å²) < 4.78 is 2.43. The molecule has 2 N–H and O–H groups in total. The predicted octanol–water partition coefficient (Wildman–Crippen LogP) is 10.8. The molecule has 2 heteroatoms. The Hall–Kier alpha value is -5.60. The van der Waals surface area contributed by atoms with E-state index in [0.717, 1.165) is 24.2 Å². The van der Waals surface area contributed by atoms with Gasteiger partial charge in [-0.25, -0.2) is 0 Å². The second-order valence-corrected chi connectivity index (χ2v) is 11.2. The van der Waals surface area contributed by atoms with Crippen molar-refractivity contribution in [3.05, 3.63) is 176 Å². The third kappa shape index (κ3) is 5.12. The van der Waals surface area contributed by atoms with Gasteiger partial charge in [-0.1, -0.05) is 134 Å². The Morgan fingerprint density at radius 2 is 1.45 bits per heavy atom. The van der Waals surface area contributed by atoms with Gasteiger partial charge >= 0.3 is 0 Å². The monoisotopic (exact) mass is 566 g/mol. The minimum atomic E-state index is 0.719. The number of nitrogens with zero attached hydrogens (tertiary/aromatic N) is 1. The van der Waals surface area contributed by atoms with E-state index in [1.807, 2.05) is 18.2 Å². The molecule has 7 rings (SSSR count).